The molecule has 2 aliphatic rings. The van der Waals surface area contributed by atoms with Crippen molar-refractivity contribution in [3.05, 3.63) is 0 Å². The summed E-state index contributed by atoms with van der Waals surface area (Å²) in [5.41, 5.74) is -1.73. The van der Waals surface area contributed by atoms with E-state index in [1.165, 1.54) is 11.8 Å². The van der Waals surface area contributed by atoms with Crippen molar-refractivity contribution in [2.75, 3.05) is 32.8 Å². The molecule has 2 saturated heterocycles. The van der Waals surface area contributed by atoms with E-state index >= 15 is 0 Å². The Morgan fingerprint density at radius 3 is 1.71 bits per heavy atom. The van der Waals surface area contributed by atoms with Gasteiger partial charge in [-0.15, -0.1) is 0 Å². The predicted octanol–water partition coefficient (Wildman–Crippen LogP) is 5.26. The fraction of sp³-hybridized carbons (Fsp3) is 0.821. The van der Waals surface area contributed by atoms with Crippen molar-refractivity contribution >= 4 is 41.1 Å². The number of hydrogen-bond donors (Lipinski definition) is 2. The lowest BCUT2D eigenvalue weighted by molar-refractivity contribution is -0.143. The molecule has 0 aliphatic carbocycles. The van der Waals surface area contributed by atoms with Crippen molar-refractivity contribution in [3.8, 4) is 0 Å². The fourth-order valence-electron chi connectivity index (χ4n) is 3.78. The van der Waals surface area contributed by atoms with E-state index in [1.54, 1.807) is 25.7 Å². The highest BCUT2D eigenvalue weighted by Gasteiger charge is 2.31. The molecule has 0 aromatic heterocycles. The van der Waals surface area contributed by atoms with Gasteiger partial charge in [0.05, 0.1) is 12.5 Å². The van der Waals surface area contributed by atoms with E-state index < -0.39 is 34.6 Å². The van der Waals surface area contributed by atoms with Crippen LogP contribution in [0.1, 0.15) is 88.0 Å². The lowest BCUT2D eigenvalue weighted by Crippen LogP contribution is -2.50. The normalized spacial score (nSPS) is 19.0. The number of halogens is 1. The molecule has 2 heterocycles. The number of piperidine rings is 2. The summed E-state index contributed by atoms with van der Waals surface area (Å²) in [5.74, 6) is -0.992. The van der Waals surface area contributed by atoms with Gasteiger partial charge in [0.2, 0.25) is 5.91 Å². The van der Waals surface area contributed by atoms with Crippen LogP contribution in [0, 0.1) is 11.8 Å². The van der Waals surface area contributed by atoms with Crippen LogP contribution in [-0.4, -0.2) is 94.4 Å². The van der Waals surface area contributed by atoms with Crippen molar-refractivity contribution in [1.82, 2.24) is 15.1 Å². The van der Waals surface area contributed by atoms with Gasteiger partial charge in [0.1, 0.15) is 11.2 Å². The quantitative estimate of drug-likeness (QED) is 0.322. The predicted molar refractivity (Wildman–Crippen MR) is 155 cm³/mol. The van der Waals surface area contributed by atoms with Gasteiger partial charge in [-0.3, -0.25) is 9.59 Å². The van der Waals surface area contributed by atoms with Crippen LogP contribution >= 0.6 is 11.6 Å². The second kappa shape index (κ2) is 17.9. The van der Waals surface area contributed by atoms with Gasteiger partial charge in [-0.2, -0.15) is 0 Å². The number of nitrogens with one attached hydrogen (secondary N) is 1. The number of carboxylic acid groups (broad SMARTS) is 1. The molecular weight excluding hydrogens is 558 g/mol. The van der Waals surface area contributed by atoms with Crippen molar-refractivity contribution in [1.29, 1.82) is 0 Å². The number of likely N-dealkylation sites (tertiary alicyclic amines) is 2. The highest BCUT2D eigenvalue weighted by atomic mass is 35.5. The number of aliphatic carboxylic acids is 1. The Bertz CT molecular complexity index is 869. The molecule has 2 rings (SSSR count). The average Bonchev–Trinajstić information content (AvgIpc) is 2.81. The summed E-state index contributed by atoms with van der Waals surface area (Å²) in [6.07, 6.45) is 2.44. The van der Waals surface area contributed by atoms with Crippen LogP contribution in [0.3, 0.4) is 0 Å². The minimum absolute atomic E-state index is 0.0498. The number of amides is 3. The first kappa shape index (κ1) is 38.2. The van der Waals surface area contributed by atoms with Gasteiger partial charge < -0.3 is 34.4 Å². The van der Waals surface area contributed by atoms with E-state index in [0.29, 0.717) is 38.6 Å². The SMILES string of the molecule is CC(=O)N[C@@H]1CCCN(C(=O)OC(C)(C)C)C1.CC(C)(C)OC(=O)N1CCC[C@@H](C(=O)O)C1.CC(C)COC(=O)Cl. The Hall–Kier alpha value is -2.76. The number of carbonyl (C=O) groups is 5. The maximum Gasteiger partial charge on any atom is 0.410 e. The summed E-state index contributed by atoms with van der Waals surface area (Å²) in [4.78, 5) is 58.4. The standard InChI is InChI=1S/C12H22N2O3.C11H19NO4.C5H9ClO2/c1-9(15)13-10-6-5-7-14(8-10)11(16)17-12(2,3)4;1-11(2,3)16-10(15)12-6-4-5-8(7-12)9(13)14;1-4(2)3-8-5(6)7/h10H,5-8H2,1-4H3,(H,13,15);8H,4-7H2,1-3H3,(H,13,14);4H,3H2,1-2H3/t10-;8-;/m11./s1. The molecule has 12 nitrogen and oxygen atoms in total. The average molecular weight is 608 g/mol. The Morgan fingerprint density at radius 2 is 1.34 bits per heavy atom. The number of carbonyl (C=O) groups excluding carboxylic acids is 4. The van der Waals surface area contributed by atoms with Crippen LogP contribution in [0.2, 0.25) is 0 Å². The second-order valence-corrected chi connectivity index (χ2v) is 12.8. The highest BCUT2D eigenvalue weighted by Crippen LogP contribution is 2.19. The monoisotopic (exact) mass is 607 g/mol. The van der Waals surface area contributed by atoms with E-state index in [4.69, 9.17) is 26.2 Å². The molecule has 238 valence electrons. The number of rotatable bonds is 4. The van der Waals surface area contributed by atoms with Crippen molar-refractivity contribution in [2.45, 2.75) is 105 Å². The Morgan fingerprint density at radius 1 is 0.878 bits per heavy atom. The van der Waals surface area contributed by atoms with E-state index in [0.717, 1.165) is 19.3 Å². The molecule has 2 N–H and O–H groups in total. The molecule has 0 saturated carbocycles. The van der Waals surface area contributed by atoms with Gasteiger partial charge >= 0.3 is 23.6 Å². The molecule has 2 aliphatic heterocycles. The summed E-state index contributed by atoms with van der Waals surface area (Å²) in [5, 5.41) is 11.7. The van der Waals surface area contributed by atoms with E-state index in [1.807, 2.05) is 34.6 Å². The molecule has 2 fully saturated rings. The minimum Gasteiger partial charge on any atom is -0.481 e. The van der Waals surface area contributed by atoms with Gasteiger partial charge in [0.15, 0.2) is 0 Å². The zero-order chi connectivity index (χ0) is 32.0. The molecule has 3 amide bonds. The van der Waals surface area contributed by atoms with Crippen LogP contribution in [0.5, 0.6) is 0 Å². The topological polar surface area (TPSA) is 152 Å². The first-order valence-corrected chi connectivity index (χ1v) is 14.4. The number of hydrogen-bond acceptors (Lipinski definition) is 8. The summed E-state index contributed by atoms with van der Waals surface area (Å²) in [6, 6.07) is 0.0498. The summed E-state index contributed by atoms with van der Waals surface area (Å²) >= 11 is 4.86. The van der Waals surface area contributed by atoms with Crippen LogP contribution in [-0.2, 0) is 23.8 Å². The molecule has 0 bridgehead atoms. The molecule has 13 heteroatoms. The van der Waals surface area contributed by atoms with Gasteiger partial charge in [-0.1, -0.05) is 13.8 Å². The van der Waals surface area contributed by atoms with Crippen LogP contribution in [0.15, 0.2) is 0 Å². The molecular formula is C28H50ClN3O9. The molecule has 0 spiro atoms. The maximum absolute atomic E-state index is 11.8. The van der Waals surface area contributed by atoms with Gasteiger partial charge in [-0.25, -0.2) is 14.4 Å². The number of nitrogens with zero attached hydrogens (tertiary/aromatic N) is 2. The van der Waals surface area contributed by atoms with E-state index in [-0.39, 0.29) is 24.6 Å². The fourth-order valence-corrected chi connectivity index (χ4v) is 3.84. The van der Waals surface area contributed by atoms with Crippen molar-refractivity contribution in [3.63, 3.8) is 0 Å². The third-order valence-electron chi connectivity index (χ3n) is 5.43. The highest BCUT2D eigenvalue weighted by molar-refractivity contribution is 6.61. The Labute approximate surface area is 249 Å². The maximum atomic E-state index is 11.8. The number of carboxylic acids is 1. The lowest BCUT2D eigenvalue weighted by atomic mass is 9.99. The summed E-state index contributed by atoms with van der Waals surface area (Å²) < 4.78 is 14.9. The first-order valence-electron chi connectivity index (χ1n) is 14.0. The lowest BCUT2D eigenvalue weighted by Gasteiger charge is -2.34. The first-order chi connectivity index (χ1) is 18.7. The van der Waals surface area contributed by atoms with Gasteiger partial charge in [0, 0.05) is 50.7 Å². The molecule has 0 aromatic carbocycles. The Kier molecular flexibility index (Phi) is 16.7. The molecule has 0 aromatic rings. The van der Waals surface area contributed by atoms with Crippen LogP contribution < -0.4 is 5.32 Å². The second-order valence-electron chi connectivity index (χ2n) is 12.5. The zero-order valence-corrected chi connectivity index (χ0v) is 26.8. The van der Waals surface area contributed by atoms with Gasteiger partial charge in [-0.05, 0) is 73.1 Å². The minimum atomic E-state index is -0.840. The summed E-state index contributed by atoms with van der Waals surface area (Å²) in [6.45, 7) is 18.8. The van der Waals surface area contributed by atoms with E-state index in [9.17, 15) is 24.0 Å². The third kappa shape index (κ3) is 19.9. The van der Waals surface area contributed by atoms with Crippen molar-refractivity contribution < 1.29 is 43.3 Å². The van der Waals surface area contributed by atoms with Crippen LogP contribution in [0.25, 0.3) is 0 Å². The molecule has 41 heavy (non-hydrogen) atoms. The van der Waals surface area contributed by atoms with Gasteiger partial charge in [0.25, 0.3) is 0 Å². The smallest absolute Gasteiger partial charge is 0.410 e. The Balaban J connectivity index is 0.000000624. The molecule has 0 unspecified atom stereocenters. The molecule has 2 atom stereocenters. The zero-order valence-electron chi connectivity index (χ0n) is 26.1. The van der Waals surface area contributed by atoms with E-state index in [2.05, 4.69) is 10.1 Å². The number of ether oxygens (including phenoxy) is 3. The largest absolute Gasteiger partial charge is 0.481 e. The van der Waals surface area contributed by atoms with Crippen molar-refractivity contribution in [2.24, 2.45) is 11.8 Å². The molecule has 0 radical (unpaired) electrons. The van der Waals surface area contributed by atoms with Crippen LogP contribution in [0.4, 0.5) is 14.4 Å². The third-order valence-corrected chi connectivity index (χ3v) is 5.54. The summed E-state index contributed by atoms with van der Waals surface area (Å²) in [7, 11) is 0.